The predicted octanol–water partition coefficient (Wildman–Crippen LogP) is 3.82. The monoisotopic (exact) mass is 422 g/mol. The van der Waals surface area contributed by atoms with Crippen LogP contribution in [-0.2, 0) is 10.0 Å². The number of fused-ring (bicyclic) bond motifs is 1. The molecule has 3 rings (SSSR count). The summed E-state index contributed by atoms with van der Waals surface area (Å²) in [6.07, 6.45) is 1.47. The highest BCUT2D eigenvalue weighted by atomic mass is 79.9. The molecule has 2 aromatic carbocycles. The van der Waals surface area contributed by atoms with E-state index in [2.05, 4.69) is 25.6 Å². The van der Waals surface area contributed by atoms with Crippen molar-refractivity contribution in [1.29, 1.82) is 0 Å². The zero-order valence-electron chi connectivity index (χ0n) is 13.5. The Morgan fingerprint density at radius 3 is 2.56 bits per heavy atom. The second-order valence-electron chi connectivity index (χ2n) is 5.18. The maximum Gasteiger partial charge on any atom is 0.265 e. The van der Waals surface area contributed by atoms with Gasteiger partial charge in [-0.25, -0.2) is 8.42 Å². The second kappa shape index (κ2) is 6.89. The van der Waals surface area contributed by atoms with Crippen LogP contribution in [0.4, 0.5) is 5.69 Å². The molecule has 1 N–H and O–H groups in total. The normalized spacial score (nSPS) is 11.3. The molecule has 0 fully saturated rings. The molecule has 0 saturated heterocycles. The van der Waals surface area contributed by atoms with Crippen molar-refractivity contribution in [3.05, 3.63) is 53.1 Å². The van der Waals surface area contributed by atoms with Crippen molar-refractivity contribution >= 4 is 42.5 Å². The van der Waals surface area contributed by atoms with Crippen LogP contribution in [0.2, 0.25) is 0 Å². The average molecular weight is 423 g/mol. The van der Waals surface area contributed by atoms with Gasteiger partial charge in [0.1, 0.15) is 16.4 Å². The number of anilines is 1. The van der Waals surface area contributed by atoms with Crippen molar-refractivity contribution < 1.29 is 17.9 Å². The Morgan fingerprint density at radius 2 is 1.84 bits per heavy atom. The van der Waals surface area contributed by atoms with E-state index in [0.717, 1.165) is 10.9 Å². The number of rotatable bonds is 5. The summed E-state index contributed by atoms with van der Waals surface area (Å²) in [5.74, 6) is 0.925. The first-order valence-corrected chi connectivity index (χ1v) is 9.51. The van der Waals surface area contributed by atoms with Crippen LogP contribution < -0.4 is 14.2 Å². The highest BCUT2D eigenvalue weighted by Gasteiger charge is 2.20. The van der Waals surface area contributed by atoms with E-state index in [4.69, 9.17) is 9.47 Å². The third kappa shape index (κ3) is 3.69. The van der Waals surface area contributed by atoms with Gasteiger partial charge in [0.05, 0.1) is 31.6 Å². The molecule has 0 saturated carbocycles. The van der Waals surface area contributed by atoms with Crippen LogP contribution in [0.5, 0.6) is 11.5 Å². The Hall–Kier alpha value is -2.32. The Bertz CT molecular complexity index is 1040. The van der Waals surface area contributed by atoms with Crippen LogP contribution in [0, 0.1) is 0 Å². The lowest BCUT2D eigenvalue weighted by molar-refractivity contribution is 0.403. The fourth-order valence-electron chi connectivity index (χ4n) is 2.36. The molecule has 0 bridgehead atoms. The lowest BCUT2D eigenvalue weighted by Crippen LogP contribution is -2.14. The van der Waals surface area contributed by atoms with E-state index >= 15 is 0 Å². The fourth-order valence-corrected chi connectivity index (χ4v) is 4.11. The predicted molar refractivity (Wildman–Crippen MR) is 99.8 cm³/mol. The molecule has 0 aliphatic heterocycles. The molecule has 1 heterocycles. The van der Waals surface area contributed by atoms with Crippen LogP contribution in [-0.4, -0.2) is 27.6 Å². The fraction of sp³-hybridized carbons (Fsp3) is 0.118. The smallest absolute Gasteiger partial charge is 0.265 e. The zero-order chi connectivity index (χ0) is 18.0. The summed E-state index contributed by atoms with van der Waals surface area (Å²) < 4.78 is 39.0. The molecule has 6 nitrogen and oxygen atoms in total. The summed E-state index contributed by atoms with van der Waals surface area (Å²) in [6, 6.07) is 11.9. The molecule has 3 aromatic rings. The topological polar surface area (TPSA) is 77.5 Å². The van der Waals surface area contributed by atoms with Gasteiger partial charge in [0.25, 0.3) is 10.0 Å². The summed E-state index contributed by atoms with van der Waals surface area (Å²) in [4.78, 5) is 4.31. The molecule has 130 valence electrons. The molecular formula is C17H15BrN2O4S. The lowest BCUT2D eigenvalue weighted by atomic mass is 10.2. The number of ether oxygens (including phenoxy) is 2. The number of benzene rings is 2. The number of aromatic nitrogens is 1. The number of pyridine rings is 1. The number of sulfonamides is 1. The van der Waals surface area contributed by atoms with E-state index in [-0.39, 0.29) is 10.6 Å². The third-order valence-corrected chi connectivity index (χ3v) is 5.45. The largest absolute Gasteiger partial charge is 0.497 e. The van der Waals surface area contributed by atoms with Gasteiger partial charge < -0.3 is 9.47 Å². The quantitative estimate of drug-likeness (QED) is 0.675. The van der Waals surface area contributed by atoms with Gasteiger partial charge in [-0.15, -0.1) is 0 Å². The Morgan fingerprint density at radius 1 is 1.04 bits per heavy atom. The summed E-state index contributed by atoms with van der Waals surface area (Å²) in [6.45, 7) is 0. The van der Waals surface area contributed by atoms with Crippen LogP contribution >= 0.6 is 15.9 Å². The first-order valence-electron chi connectivity index (χ1n) is 7.23. The van der Waals surface area contributed by atoms with E-state index in [1.165, 1.54) is 19.4 Å². The third-order valence-electron chi connectivity index (χ3n) is 3.56. The minimum atomic E-state index is -3.84. The summed E-state index contributed by atoms with van der Waals surface area (Å²) in [7, 11) is -0.846. The molecular weight excluding hydrogens is 408 g/mol. The Labute approximate surface area is 154 Å². The molecule has 0 amide bonds. The standard InChI is InChI=1S/C17H15BrN2O4S/c1-23-14-4-5-15-11(8-14)7-13(10-19-15)20-25(21,22)17-9-12(18)3-6-16(17)24-2/h3-10,20H,1-2H3. The van der Waals surface area contributed by atoms with Crippen LogP contribution in [0.15, 0.2) is 58.0 Å². The molecule has 25 heavy (non-hydrogen) atoms. The molecule has 0 spiro atoms. The van der Waals surface area contributed by atoms with Crippen molar-refractivity contribution in [2.45, 2.75) is 4.90 Å². The second-order valence-corrected chi connectivity index (χ2v) is 7.75. The number of halogens is 1. The molecule has 0 radical (unpaired) electrons. The van der Waals surface area contributed by atoms with Crippen LogP contribution in [0.1, 0.15) is 0 Å². The van der Waals surface area contributed by atoms with Crippen molar-refractivity contribution in [3.8, 4) is 11.5 Å². The molecule has 0 unspecified atom stereocenters. The van der Waals surface area contributed by atoms with Gasteiger partial charge in [-0.2, -0.15) is 0 Å². The summed E-state index contributed by atoms with van der Waals surface area (Å²) in [5.41, 5.74) is 1.09. The molecule has 1 aromatic heterocycles. The first-order chi connectivity index (χ1) is 11.9. The van der Waals surface area contributed by atoms with E-state index in [0.29, 0.717) is 15.9 Å². The summed E-state index contributed by atoms with van der Waals surface area (Å²) >= 11 is 3.28. The van der Waals surface area contributed by atoms with Crippen LogP contribution in [0.3, 0.4) is 0 Å². The van der Waals surface area contributed by atoms with E-state index < -0.39 is 10.0 Å². The maximum atomic E-state index is 12.7. The molecule has 0 aliphatic rings. The molecule has 8 heteroatoms. The number of hydrogen-bond acceptors (Lipinski definition) is 5. The van der Waals surface area contributed by atoms with Crippen molar-refractivity contribution in [2.24, 2.45) is 0 Å². The van der Waals surface area contributed by atoms with Crippen molar-refractivity contribution in [1.82, 2.24) is 4.98 Å². The lowest BCUT2D eigenvalue weighted by Gasteiger charge is -2.12. The highest BCUT2D eigenvalue weighted by Crippen LogP contribution is 2.29. The van der Waals surface area contributed by atoms with E-state index in [9.17, 15) is 8.42 Å². The number of methoxy groups -OCH3 is 2. The Kier molecular flexibility index (Phi) is 4.82. The molecule has 0 aliphatic carbocycles. The van der Waals surface area contributed by atoms with Gasteiger partial charge in [0, 0.05) is 9.86 Å². The van der Waals surface area contributed by atoms with Crippen LogP contribution in [0.25, 0.3) is 10.9 Å². The maximum absolute atomic E-state index is 12.7. The Balaban J connectivity index is 2.01. The number of nitrogens with one attached hydrogen (secondary N) is 1. The average Bonchev–Trinajstić information content (AvgIpc) is 2.60. The SMILES string of the molecule is COc1ccc2ncc(NS(=O)(=O)c3cc(Br)ccc3OC)cc2c1. The number of nitrogens with zero attached hydrogens (tertiary/aromatic N) is 1. The van der Waals surface area contributed by atoms with Gasteiger partial charge in [0.2, 0.25) is 0 Å². The minimum absolute atomic E-state index is 0.0371. The zero-order valence-corrected chi connectivity index (χ0v) is 15.9. The van der Waals surface area contributed by atoms with E-state index in [1.807, 2.05) is 6.07 Å². The molecule has 0 atom stereocenters. The van der Waals surface area contributed by atoms with Gasteiger partial charge in [0.15, 0.2) is 0 Å². The first kappa shape index (κ1) is 17.5. The number of hydrogen-bond donors (Lipinski definition) is 1. The van der Waals surface area contributed by atoms with Gasteiger partial charge in [-0.1, -0.05) is 15.9 Å². The van der Waals surface area contributed by atoms with E-state index in [1.54, 1.807) is 37.4 Å². The van der Waals surface area contributed by atoms with Gasteiger partial charge >= 0.3 is 0 Å². The summed E-state index contributed by atoms with van der Waals surface area (Å²) in [5, 5.41) is 0.765. The van der Waals surface area contributed by atoms with Gasteiger partial charge in [-0.05, 0) is 42.5 Å². The van der Waals surface area contributed by atoms with Crippen molar-refractivity contribution in [3.63, 3.8) is 0 Å². The van der Waals surface area contributed by atoms with Gasteiger partial charge in [-0.3, -0.25) is 9.71 Å². The minimum Gasteiger partial charge on any atom is -0.497 e. The van der Waals surface area contributed by atoms with Crippen molar-refractivity contribution in [2.75, 3.05) is 18.9 Å². The highest BCUT2D eigenvalue weighted by molar-refractivity contribution is 9.10.